The van der Waals surface area contributed by atoms with Crippen molar-refractivity contribution in [3.05, 3.63) is 35.9 Å². The number of benzene rings is 1. The van der Waals surface area contributed by atoms with Gasteiger partial charge in [0.15, 0.2) is 5.78 Å². The van der Waals surface area contributed by atoms with E-state index >= 15 is 0 Å². The lowest BCUT2D eigenvalue weighted by Crippen LogP contribution is -2.36. The van der Waals surface area contributed by atoms with E-state index in [1.807, 2.05) is 0 Å². The molecular weight excluding hydrogens is 274 g/mol. The third-order valence-corrected chi connectivity index (χ3v) is 3.96. The van der Waals surface area contributed by atoms with Gasteiger partial charge in [0.05, 0.1) is 0 Å². The van der Waals surface area contributed by atoms with E-state index in [1.54, 1.807) is 37.3 Å². The molecule has 0 saturated heterocycles. The van der Waals surface area contributed by atoms with Crippen LogP contribution in [0.1, 0.15) is 23.7 Å². The van der Waals surface area contributed by atoms with Gasteiger partial charge in [-0.3, -0.25) is 4.79 Å². The maximum atomic E-state index is 11.8. The predicted molar refractivity (Wildman–Crippen MR) is 72.5 cm³/mol. The van der Waals surface area contributed by atoms with Crippen LogP contribution in [0, 0.1) is 0 Å². The van der Waals surface area contributed by atoms with Crippen LogP contribution in [0.2, 0.25) is 0 Å². The zero-order valence-corrected chi connectivity index (χ0v) is 11.7. The average molecular weight is 290 g/mol. The number of nitrogens with one attached hydrogen (secondary N) is 1. The van der Waals surface area contributed by atoms with E-state index in [2.05, 4.69) is 4.72 Å². The number of carbonyl (C=O) groups is 1. The Hall–Kier alpha value is -0.910. The van der Waals surface area contributed by atoms with Crippen molar-refractivity contribution in [2.75, 3.05) is 11.6 Å². The van der Waals surface area contributed by atoms with Crippen LogP contribution in [-0.4, -0.2) is 31.9 Å². The molecule has 100 valence electrons. The Balaban J connectivity index is 2.64. The minimum atomic E-state index is -3.61. The standard InChI is InChI=1S/C12H16ClNO3S/c1-10(7-8-13)14-18(16,17)9-12(15)11-5-3-2-4-6-11/h2-6,10,14H,7-9H2,1H3. The maximum absolute atomic E-state index is 11.8. The highest BCUT2D eigenvalue weighted by Gasteiger charge is 2.19. The second kappa shape index (κ2) is 6.87. The van der Waals surface area contributed by atoms with Gasteiger partial charge in [-0.2, -0.15) is 0 Å². The van der Waals surface area contributed by atoms with E-state index in [0.717, 1.165) is 0 Å². The van der Waals surface area contributed by atoms with Crippen molar-refractivity contribution in [1.29, 1.82) is 0 Å². The molecule has 1 aromatic rings. The molecular formula is C12H16ClNO3S. The summed E-state index contributed by atoms with van der Waals surface area (Å²) in [5.41, 5.74) is 0.396. The van der Waals surface area contributed by atoms with Crippen LogP contribution in [-0.2, 0) is 10.0 Å². The van der Waals surface area contributed by atoms with Gasteiger partial charge < -0.3 is 0 Å². The van der Waals surface area contributed by atoms with Crippen molar-refractivity contribution < 1.29 is 13.2 Å². The lowest BCUT2D eigenvalue weighted by atomic mass is 10.2. The van der Waals surface area contributed by atoms with Crippen LogP contribution >= 0.6 is 11.6 Å². The Morgan fingerprint density at radius 3 is 2.50 bits per heavy atom. The van der Waals surface area contributed by atoms with Crippen LogP contribution in [0.3, 0.4) is 0 Å². The lowest BCUT2D eigenvalue weighted by molar-refractivity contribution is 0.102. The highest BCUT2D eigenvalue weighted by molar-refractivity contribution is 7.90. The van der Waals surface area contributed by atoms with Crippen LogP contribution < -0.4 is 4.72 Å². The molecule has 0 aliphatic heterocycles. The van der Waals surface area contributed by atoms with Crippen LogP contribution in [0.4, 0.5) is 0 Å². The number of sulfonamides is 1. The first-order valence-electron chi connectivity index (χ1n) is 5.59. The number of hydrogen-bond donors (Lipinski definition) is 1. The molecule has 0 bridgehead atoms. The molecule has 0 aliphatic rings. The Bertz CT molecular complexity index is 487. The average Bonchev–Trinajstić information content (AvgIpc) is 2.29. The number of rotatable bonds is 7. The Kier molecular flexibility index (Phi) is 5.78. The third kappa shape index (κ3) is 5.16. The van der Waals surface area contributed by atoms with Crippen molar-refractivity contribution in [3.8, 4) is 0 Å². The summed E-state index contributed by atoms with van der Waals surface area (Å²) in [6.07, 6.45) is 0.528. The number of Topliss-reactive ketones (excluding diaryl/α,β-unsaturated/α-hetero) is 1. The van der Waals surface area contributed by atoms with Crippen molar-refractivity contribution in [2.45, 2.75) is 19.4 Å². The van der Waals surface area contributed by atoms with E-state index in [4.69, 9.17) is 11.6 Å². The highest BCUT2D eigenvalue weighted by Crippen LogP contribution is 2.03. The van der Waals surface area contributed by atoms with Gasteiger partial charge in [-0.15, -0.1) is 11.6 Å². The third-order valence-electron chi connectivity index (χ3n) is 2.34. The van der Waals surface area contributed by atoms with E-state index in [1.165, 1.54) is 0 Å². The van der Waals surface area contributed by atoms with Gasteiger partial charge in [0, 0.05) is 17.5 Å². The maximum Gasteiger partial charge on any atom is 0.219 e. The minimum absolute atomic E-state index is 0.268. The van der Waals surface area contributed by atoms with Crippen molar-refractivity contribution in [2.24, 2.45) is 0 Å². The zero-order valence-electron chi connectivity index (χ0n) is 10.1. The van der Waals surface area contributed by atoms with E-state index in [-0.39, 0.29) is 6.04 Å². The summed E-state index contributed by atoms with van der Waals surface area (Å²) in [5, 5.41) is 0. The summed E-state index contributed by atoms with van der Waals surface area (Å²) in [4.78, 5) is 11.8. The van der Waals surface area contributed by atoms with Crippen LogP contribution in [0.25, 0.3) is 0 Å². The summed E-state index contributed by atoms with van der Waals surface area (Å²) >= 11 is 5.53. The molecule has 0 fully saturated rings. The summed E-state index contributed by atoms with van der Waals surface area (Å²) in [5.74, 6) is -0.582. The van der Waals surface area contributed by atoms with E-state index in [9.17, 15) is 13.2 Å². The highest BCUT2D eigenvalue weighted by atomic mass is 35.5. The van der Waals surface area contributed by atoms with Crippen LogP contribution in [0.15, 0.2) is 30.3 Å². The van der Waals surface area contributed by atoms with E-state index in [0.29, 0.717) is 17.9 Å². The minimum Gasteiger partial charge on any atom is -0.293 e. The lowest BCUT2D eigenvalue weighted by Gasteiger charge is -2.12. The molecule has 0 amide bonds. The molecule has 1 aromatic carbocycles. The first kappa shape index (κ1) is 15.1. The van der Waals surface area contributed by atoms with Gasteiger partial charge >= 0.3 is 0 Å². The normalized spacial score (nSPS) is 13.2. The number of alkyl halides is 1. The fourth-order valence-corrected chi connectivity index (χ4v) is 3.10. The zero-order chi connectivity index (χ0) is 13.6. The molecule has 0 heterocycles. The van der Waals surface area contributed by atoms with Crippen molar-refractivity contribution >= 4 is 27.4 Å². The first-order chi connectivity index (χ1) is 8.44. The second-order valence-corrected chi connectivity index (χ2v) is 6.18. The number of ketones is 1. The molecule has 1 atom stereocenters. The van der Waals surface area contributed by atoms with E-state index < -0.39 is 21.6 Å². The molecule has 0 saturated carbocycles. The molecule has 0 aliphatic carbocycles. The fraction of sp³-hybridized carbons (Fsp3) is 0.417. The molecule has 1 N–H and O–H groups in total. The molecule has 1 rings (SSSR count). The van der Waals surface area contributed by atoms with Crippen molar-refractivity contribution in [1.82, 2.24) is 4.72 Å². The topological polar surface area (TPSA) is 63.2 Å². The quantitative estimate of drug-likeness (QED) is 0.615. The SMILES string of the molecule is CC(CCCl)NS(=O)(=O)CC(=O)c1ccccc1. The summed E-state index contributed by atoms with van der Waals surface area (Å²) in [6.45, 7) is 1.72. The Morgan fingerprint density at radius 1 is 1.33 bits per heavy atom. The number of carbonyl (C=O) groups excluding carboxylic acids is 1. The Morgan fingerprint density at radius 2 is 1.94 bits per heavy atom. The summed E-state index contributed by atoms with van der Waals surface area (Å²) in [6, 6.07) is 8.09. The summed E-state index contributed by atoms with van der Waals surface area (Å²) in [7, 11) is -3.61. The monoisotopic (exact) mass is 289 g/mol. The summed E-state index contributed by atoms with van der Waals surface area (Å²) < 4.78 is 25.9. The molecule has 18 heavy (non-hydrogen) atoms. The largest absolute Gasteiger partial charge is 0.293 e. The van der Waals surface area contributed by atoms with Gasteiger partial charge in [0.2, 0.25) is 10.0 Å². The molecule has 4 nitrogen and oxygen atoms in total. The fourth-order valence-electron chi connectivity index (χ4n) is 1.45. The van der Waals surface area contributed by atoms with Gasteiger partial charge in [-0.1, -0.05) is 30.3 Å². The van der Waals surface area contributed by atoms with Gasteiger partial charge in [-0.05, 0) is 13.3 Å². The smallest absolute Gasteiger partial charge is 0.219 e. The van der Waals surface area contributed by atoms with Gasteiger partial charge in [0.25, 0.3) is 0 Å². The Labute approximate surface area is 112 Å². The molecule has 0 radical (unpaired) electrons. The molecule has 1 unspecified atom stereocenters. The molecule has 0 spiro atoms. The number of halogens is 1. The van der Waals surface area contributed by atoms with Crippen molar-refractivity contribution in [3.63, 3.8) is 0 Å². The van der Waals surface area contributed by atoms with Crippen LogP contribution in [0.5, 0.6) is 0 Å². The number of hydrogen-bond acceptors (Lipinski definition) is 3. The van der Waals surface area contributed by atoms with Gasteiger partial charge in [-0.25, -0.2) is 13.1 Å². The predicted octanol–water partition coefficient (Wildman–Crippen LogP) is 1.81. The van der Waals surface area contributed by atoms with Gasteiger partial charge in [0.1, 0.15) is 5.75 Å². The molecule has 6 heteroatoms. The molecule has 0 aromatic heterocycles. The second-order valence-electron chi connectivity index (χ2n) is 4.04. The first-order valence-corrected chi connectivity index (χ1v) is 7.77.